The molecule has 64 heavy (non-hydrogen) atoms. The summed E-state index contributed by atoms with van der Waals surface area (Å²) in [5.74, 6) is 1.48. The summed E-state index contributed by atoms with van der Waals surface area (Å²) in [5.41, 5.74) is 16.0. The Hall–Kier alpha value is -8.15. The third-order valence-corrected chi connectivity index (χ3v) is 13.2. The van der Waals surface area contributed by atoms with Crippen LogP contribution >= 0.6 is 0 Å². The summed E-state index contributed by atoms with van der Waals surface area (Å²) >= 11 is 0. The van der Waals surface area contributed by atoms with Gasteiger partial charge in [-0.3, -0.25) is 9.13 Å². The second kappa shape index (κ2) is 14.5. The molecule has 0 spiro atoms. The van der Waals surface area contributed by atoms with E-state index in [-0.39, 0.29) is 5.41 Å². The molecule has 0 radical (unpaired) electrons. The molecule has 0 fully saturated rings. The topological polar surface area (TPSA) is 48.5 Å². The number of hydrogen-bond donors (Lipinski definition) is 0. The predicted molar refractivity (Wildman–Crippen MR) is 267 cm³/mol. The molecule has 0 saturated carbocycles. The Kier molecular flexibility index (Phi) is 8.50. The van der Waals surface area contributed by atoms with Crippen molar-refractivity contribution in [1.82, 2.24) is 24.1 Å². The summed E-state index contributed by atoms with van der Waals surface area (Å²) in [5, 5.41) is 5.66. The number of allylic oxidation sites excluding steroid dienone is 5. The number of rotatable bonds is 7. The van der Waals surface area contributed by atoms with Crippen molar-refractivity contribution in [2.45, 2.75) is 26.2 Å². The van der Waals surface area contributed by atoms with Crippen molar-refractivity contribution in [2.75, 3.05) is 0 Å². The summed E-state index contributed by atoms with van der Waals surface area (Å²) in [6.45, 7) is 10.9. The maximum absolute atomic E-state index is 5.63. The lowest BCUT2D eigenvalue weighted by molar-refractivity contribution is 0.655. The number of imidazole rings is 1. The van der Waals surface area contributed by atoms with Crippen molar-refractivity contribution >= 4 is 60.1 Å². The summed E-state index contributed by atoms with van der Waals surface area (Å²) in [4.78, 5) is 16.4. The van der Waals surface area contributed by atoms with Crippen molar-refractivity contribution < 1.29 is 0 Å². The van der Waals surface area contributed by atoms with Crippen LogP contribution in [0.2, 0.25) is 0 Å². The molecule has 0 aliphatic heterocycles. The fraction of sp³-hybridized carbons (Fsp3) is 0.0678. The van der Waals surface area contributed by atoms with Gasteiger partial charge in [0.25, 0.3) is 0 Å². The lowest BCUT2D eigenvalue weighted by atomic mass is 9.80. The van der Waals surface area contributed by atoms with Crippen molar-refractivity contribution in [3.8, 4) is 45.4 Å². The Bertz CT molecular complexity index is 3760. The van der Waals surface area contributed by atoms with Crippen LogP contribution in [0.15, 0.2) is 206 Å². The molecular formula is C59H43N5. The molecular weight excluding hydrogens is 779 g/mol. The van der Waals surface area contributed by atoms with Crippen LogP contribution in [0.1, 0.15) is 31.9 Å². The minimum Gasteiger partial charge on any atom is -0.292 e. The van der Waals surface area contributed by atoms with E-state index in [2.05, 4.69) is 218 Å². The fourth-order valence-electron chi connectivity index (χ4n) is 10.3. The van der Waals surface area contributed by atoms with Gasteiger partial charge in [-0.05, 0) is 99.6 Å². The standard InChI is InChI=1S/C59H43N5/c1-5-18-44-45-30-27-41(36-48(45)59(3,4)47(44)6-2)40-29-33-51-46(35-40)53-43-26-17-16-19-37(43)28-34-52(53)64(51)58-61-49-31-32-50-56(54(49)55(62-58)38-20-10-7-11-21-38)63(42-24-14-9-15-25-42)57(60-50)39-22-12-8-13-23-39/h5-36H,2H2,1,3-4H3/b18-5-. The van der Waals surface area contributed by atoms with Gasteiger partial charge in [0.2, 0.25) is 5.95 Å². The van der Waals surface area contributed by atoms with Gasteiger partial charge >= 0.3 is 0 Å². The second-order valence-corrected chi connectivity index (χ2v) is 17.2. The highest BCUT2D eigenvalue weighted by Gasteiger charge is 2.35. The van der Waals surface area contributed by atoms with Gasteiger partial charge in [0.05, 0.1) is 38.7 Å². The second-order valence-electron chi connectivity index (χ2n) is 17.2. The minimum absolute atomic E-state index is 0.171. The quantitative estimate of drug-likeness (QED) is 0.161. The van der Waals surface area contributed by atoms with Crippen molar-refractivity contribution in [3.63, 3.8) is 0 Å². The van der Waals surface area contributed by atoms with Crippen LogP contribution in [0.4, 0.5) is 0 Å². The van der Waals surface area contributed by atoms with Crippen LogP contribution < -0.4 is 0 Å². The van der Waals surface area contributed by atoms with E-state index in [4.69, 9.17) is 15.0 Å². The monoisotopic (exact) mass is 821 g/mol. The maximum atomic E-state index is 5.63. The van der Waals surface area contributed by atoms with Gasteiger partial charge in [0, 0.05) is 33.0 Å². The third-order valence-electron chi connectivity index (χ3n) is 13.2. The zero-order valence-corrected chi connectivity index (χ0v) is 35.9. The summed E-state index contributed by atoms with van der Waals surface area (Å²) in [7, 11) is 0. The Morgan fingerprint density at radius 1 is 0.547 bits per heavy atom. The molecule has 0 bridgehead atoms. The van der Waals surface area contributed by atoms with Crippen molar-refractivity contribution in [1.29, 1.82) is 0 Å². The summed E-state index contributed by atoms with van der Waals surface area (Å²) < 4.78 is 4.53. The molecule has 304 valence electrons. The number of para-hydroxylation sites is 1. The van der Waals surface area contributed by atoms with E-state index in [9.17, 15) is 0 Å². The fourth-order valence-corrected chi connectivity index (χ4v) is 10.3. The molecule has 0 atom stereocenters. The molecule has 3 aromatic heterocycles. The molecule has 5 nitrogen and oxygen atoms in total. The Morgan fingerprint density at radius 2 is 1.22 bits per heavy atom. The van der Waals surface area contributed by atoms with Crippen molar-refractivity contribution in [3.05, 3.63) is 217 Å². The van der Waals surface area contributed by atoms with Crippen LogP contribution in [-0.2, 0) is 5.41 Å². The Balaban J connectivity index is 1.13. The molecule has 0 unspecified atom stereocenters. The van der Waals surface area contributed by atoms with Gasteiger partial charge in [-0.2, -0.15) is 0 Å². The van der Waals surface area contributed by atoms with E-state index >= 15 is 0 Å². The molecule has 1 aliphatic carbocycles. The highest BCUT2D eigenvalue weighted by molar-refractivity contribution is 6.22. The molecule has 3 heterocycles. The first kappa shape index (κ1) is 37.6. The van der Waals surface area contributed by atoms with Crippen LogP contribution in [0.5, 0.6) is 0 Å². The largest absolute Gasteiger partial charge is 0.292 e. The lowest BCUT2D eigenvalue weighted by Crippen LogP contribution is -2.16. The van der Waals surface area contributed by atoms with Crippen LogP contribution in [0, 0.1) is 0 Å². The van der Waals surface area contributed by atoms with E-state index in [1.54, 1.807) is 0 Å². The number of hydrogen-bond acceptors (Lipinski definition) is 3. The number of aromatic nitrogens is 5. The molecule has 5 heteroatoms. The van der Waals surface area contributed by atoms with E-state index in [0.717, 1.165) is 72.3 Å². The van der Waals surface area contributed by atoms with E-state index < -0.39 is 0 Å². The summed E-state index contributed by atoms with van der Waals surface area (Å²) in [6, 6.07) is 62.6. The smallest absolute Gasteiger partial charge is 0.235 e. The molecule has 8 aromatic carbocycles. The lowest BCUT2D eigenvalue weighted by Gasteiger charge is -2.23. The molecule has 12 rings (SSSR count). The molecule has 1 aliphatic rings. The predicted octanol–water partition coefficient (Wildman–Crippen LogP) is 15.0. The van der Waals surface area contributed by atoms with Crippen molar-refractivity contribution in [2.24, 2.45) is 0 Å². The Labute approximate surface area is 371 Å². The van der Waals surface area contributed by atoms with E-state index in [0.29, 0.717) is 5.95 Å². The van der Waals surface area contributed by atoms with Crippen LogP contribution in [0.25, 0.3) is 105 Å². The van der Waals surface area contributed by atoms with Crippen LogP contribution in [-0.4, -0.2) is 24.1 Å². The van der Waals surface area contributed by atoms with Gasteiger partial charge in [0.15, 0.2) is 0 Å². The number of benzene rings is 8. The van der Waals surface area contributed by atoms with Gasteiger partial charge in [0.1, 0.15) is 5.82 Å². The zero-order chi connectivity index (χ0) is 43.1. The van der Waals surface area contributed by atoms with Gasteiger partial charge in [-0.15, -0.1) is 0 Å². The molecule has 0 saturated heterocycles. The number of fused-ring (bicyclic) bond motifs is 9. The highest BCUT2D eigenvalue weighted by Crippen LogP contribution is 2.49. The SMILES string of the molecule is C=CC1=C(/C=C\C)c2ccc(-c3ccc4c(c3)c3c5ccccc5ccc3n4-c3nc(-c4ccccc4)c4c(ccc5nc(-c6ccccc6)n(-c6ccccc6)c54)n3)cc2C1(C)C. The first-order chi connectivity index (χ1) is 31.4. The maximum Gasteiger partial charge on any atom is 0.235 e. The summed E-state index contributed by atoms with van der Waals surface area (Å²) in [6.07, 6.45) is 6.37. The highest BCUT2D eigenvalue weighted by atomic mass is 15.2. The first-order valence-electron chi connectivity index (χ1n) is 21.9. The average Bonchev–Trinajstić information content (AvgIpc) is 3.97. The molecule has 0 N–H and O–H groups in total. The third kappa shape index (κ3) is 5.60. The zero-order valence-electron chi connectivity index (χ0n) is 35.9. The van der Waals surface area contributed by atoms with Gasteiger partial charge in [-0.1, -0.05) is 166 Å². The first-order valence-corrected chi connectivity index (χ1v) is 21.9. The Morgan fingerprint density at radius 3 is 1.98 bits per heavy atom. The van der Waals surface area contributed by atoms with E-state index in [1.807, 2.05) is 12.1 Å². The van der Waals surface area contributed by atoms with Gasteiger partial charge in [-0.25, -0.2) is 15.0 Å². The van der Waals surface area contributed by atoms with E-state index in [1.165, 1.54) is 44.0 Å². The van der Waals surface area contributed by atoms with Gasteiger partial charge < -0.3 is 0 Å². The molecule has 11 aromatic rings. The number of nitrogens with zero attached hydrogens (tertiary/aromatic N) is 5. The van der Waals surface area contributed by atoms with Crippen LogP contribution in [0.3, 0.4) is 0 Å². The minimum atomic E-state index is -0.171. The normalized spacial score (nSPS) is 13.6. The molecule has 0 amide bonds. The average molecular weight is 822 g/mol.